The van der Waals surface area contributed by atoms with E-state index in [0.717, 1.165) is 0 Å². The Morgan fingerprint density at radius 2 is 2.28 bits per heavy atom. The molecule has 100 valence electrons. The van der Waals surface area contributed by atoms with Crippen LogP contribution in [0.4, 0.5) is 4.79 Å². The van der Waals surface area contributed by atoms with Crippen LogP contribution in [0.1, 0.15) is 6.42 Å². The quantitative estimate of drug-likeness (QED) is 0.542. The van der Waals surface area contributed by atoms with Gasteiger partial charge in [0.15, 0.2) is 0 Å². The molecule has 0 atom stereocenters. The molecule has 0 saturated carbocycles. The average Bonchev–Trinajstić information content (AvgIpc) is 2.77. The van der Waals surface area contributed by atoms with Gasteiger partial charge in [0.2, 0.25) is 11.1 Å². The van der Waals surface area contributed by atoms with Crippen molar-refractivity contribution in [1.82, 2.24) is 30.8 Å². The van der Waals surface area contributed by atoms with E-state index in [4.69, 9.17) is 5.73 Å². The molecule has 10 heteroatoms. The summed E-state index contributed by atoms with van der Waals surface area (Å²) in [4.78, 5) is 22.1. The molecule has 0 spiro atoms. The van der Waals surface area contributed by atoms with Gasteiger partial charge in [-0.3, -0.25) is 10.1 Å². The van der Waals surface area contributed by atoms with E-state index in [2.05, 4.69) is 26.2 Å². The zero-order chi connectivity index (χ0) is 13.4. The average molecular weight is 273 g/mol. The van der Waals surface area contributed by atoms with Gasteiger partial charge in [-0.1, -0.05) is 11.8 Å². The van der Waals surface area contributed by atoms with E-state index < -0.39 is 6.03 Å². The fourth-order valence-corrected chi connectivity index (χ4v) is 1.89. The zero-order valence-electron chi connectivity index (χ0n) is 9.92. The fourth-order valence-electron chi connectivity index (χ4n) is 1.05. The lowest BCUT2D eigenvalue weighted by Crippen LogP contribution is -2.37. The minimum Gasteiger partial charge on any atom is -0.341 e. The summed E-state index contributed by atoms with van der Waals surface area (Å²) in [5.74, 6) is 0.132. The first-order chi connectivity index (χ1) is 8.67. The topological polar surface area (TPSA) is 128 Å². The highest BCUT2D eigenvalue weighted by Crippen LogP contribution is 2.14. The molecule has 1 heterocycles. The number of carbonyl (C=O) groups excluding carboxylic acids is 2. The van der Waals surface area contributed by atoms with Crippen molar-refractivity contribution in [3.8, 4) is 0 Å². The van der Waals surface area contributed by atoms with Gasteiger partial charge in [0.05, 0.1) is 6.54 Å². The van der Waals surface area contributed by atoms with Gasteiger partial charge in [0.25, 0.3) is 0 Å². The second kappa shape index (κ2) is 7.61. The summed E-state index contributed by atoms with van der Waals surface area (Å²) in [6.07, 6.45) is 0.202. The molecule has 0 fully saturated rings. The molecule has 9 nitrogen and oxygen atoms in total. The number of hydrogen-bond donors (Lipinski definition) is 3. The van der Waals surface area contributed by atoms with E-state index in [1.165, 1.54) is 18.8 Å². The van der Waals surface area contributed by atoms with Crippen LogP contribution in [-0.4, -0.2) is 51.5 Å². The van der Waals surface area contributed by atoms with Gasteiger partial charge in [-0.05, 0) is 10.4 Å². The summed E-state index contributed by atoms with van der Waals surface area (Å²) in [6.45, 7) is 0.968. The highest BCUT2D eigenvalue weighted by atomic mass is 32.2. The minimum absolute atomic E-state index is 0.202. The molecule has 3 amide bonds. The number of hydrogen-bond acceptors (Lipinski definition) is 7. The Morgan fingerprint density at radius 1 is 1.50 bits per heavy atom. The van der Waals surface area contributed by atoms with Crippen LogP contribution in [0.5, 0.6) is 0 Å². The van der Waals surface area contributed by atoms with Crippen LogP contribution in [0.2, 0.25) is 0 Å². The van der Waals surface area contributed by atoms with E-state index in [1.54, 1.807) is 4.68 Å². The first-order valence-corrected chi connectivity index (χ1v) is 6.26. The van der Waals surface area contributed by atoms with Crippen LogP contribution in [0.3, 0.4) is 0 Å². The van der Waals surface area contributed by atoms with E-state index in [-0.39, 0.29) is 12.3 Å². The van der Waals surface area contributed by atoms with Crippen molar-refractivity contribution in [2.45, 2.75) is 18.1 Å². The molecule has 0 aromatic carbocycles. The molecular weight excluding hydrogens is 258 g/mol. The third kappa shape index (κ3) is 4.67. The predicted octanol–water partition coefficient (Wildman–Crippen LogP) is -1.43. The van der Waals surface area contributed by atoms with E-state index in [0.29, 0.717) is 24.0 Å². The number of amides is 3. The van der Waals surface area contributed by atoms with Gasteiger partial charge in [-0.2, -0.15) is 0 Å². The van der Waals surface area contributed by atoms with E-state index >= 15 is 0 Å². The maximum Gasteiger partial charge on any atom is 0.321 e. The second-order valence-corrected chi connectivity index (χ2v) is 4.26. The zero-order valence-corrected chi connectivity index (χ0v) is 10.7. The molecule has 1 aromatic heterocycles. The first-order valence-electron chi connectivity index (χ1n) is 5.28. The third-order valence-corrected chi connectivity index (χ3v) is 2.84. The first kappa shape index (κ1) is 14.4. The molecule has 18 heavy (non-hydrogen) atoms. The van der Waals surface area contributed by atoms with Crippen LogP contribution in [-0.2, 0) is 11.3 Å². The Kier molecular flexibility index (Phi) is 6.08. The largest absolute Gasteiger partial charge is 0.341 e. The van der Waals surface area contributed by atoms with Crippen molar-refractivity contribution in [3.63, 3.8) is 0 Å². The Labute approximate surface area is 108 Å². The van der Waals surface area contributed by atoms with Crippen molar-refractivity contribution in [3.05, 3.63) is 0 Å². The van der Waals surface area contributed by atoms with Crippen molar-refractivity contribution < 1.29 is 9.59 Å². The number of nitrogens with zero attached hydrogens (tertiary/aromatic N) is 4. The number of carbonyl (C=O) groups is 2. The predicted molar refractivity (Wildman–Crippen MR) is 64.8 cm³/mol. The van der Waals surface area contributed by atoms with Crippen LogP contribution < -0.4 is 16.4 Å². The van der Waals surface area contributed by atoms with Gasteiger partial charge in [-0.25, -0.2) is 9.48 Å². The monoisotopic (exact) mass is 273 g/mol. The minimum atomic E-state index is -0.516. The summed E-state index contributed by atoms with van der Waals surface area (Å²) < 4.78 is 1.57. The number of rotatable bonds is 6. The molecule has 0 aliphatic heterocycles. The molecule has 0 saturated heterocycles. The standard InChI is InChI=1S/C8H15N7O2S/c1-10-7(17)11-6(16)2-5-18-8-12-13-14-15(8)4-3-9/h2-5,9H2,1H3,(H2,10,11,16,17). The fraction of sp³-hybridized carbons (Fsp3) is 0.625. The maximum absolute atomic E-state index is 11.3. The summed E-state index contributed by atoms with van der Waals surface area (Å²) in [5.41, 5.74) is 5.40. The van der Waals surface area contributed by atoms with Gasteiger partial charge in [0, 0.05) is 25.8 Å². The Bertz CT molecular complexity index is 408. The number of aromatic nitrogens is 4. The number of nitrogens with one attached hydrogen (secondary N) is 2. The summed E-state index contributed by atoms with van der Waals surface area (Å²) in [6, 6.07) is -0.516. The Hall–Kier alpha value is -1.68. The van der Waals surface area contributed by atoms with Crippen LogP contribution in [0, 0.1) is 0 Å². The van der Waals surface area contributed by atoms with Gasteiger partial charge in [-0.15, -0.1) is 5.10 Å². The highest BCUT2D eigenvalue weighted by molar-refractivity contribution is 7.99. The van der Waals surface area contributed by atoms with E-state index in [9.17, 15) is 9.59 Å². The molecule has 0 unspecified atom stereocenters. The van der Waals surface area contributed by atoms with Gasteiger partial charge < -0.3 is 11.1 Å². The van der Waals surface area contributed by atoms with E-state index in [1.807, 2.05) is 0 Å². The lowest BCUT2D eigenvalue weighted by Gasteiger charge is -2.03. The van der Waals surface area contributed by atoms with Crippen molar-refractivity contribution >= 4 is 23.7 Å². The molecule has 1 rings (SSSR count). The van der Waals surface area contributed by atoms with Crippen LogP contribution in [0.15, 0.2) is 5.16 Å². The SMILES string of the molecule is CNC(=O)NC(=O)CCSc1nnnn1CCN. The smallest absolute Gasteiger partial charge is 0.321 e. The number of thioether (sulfide) groups is 1. The number of imide groups is 1. The van der Waals surface area contributed by atoms with Crippen molar-refractivity contribution in [2.75, 3.05) is 19.3 Å². The lowest BCUT2D eigenvalue weighted by atomic mass is 10.4. The normalized spacial score (nSPS) is 10.1. The van der Waals surface area contributed by atoms with Gasteiger partial charge >= 0.3 is 6.03 Å². The summed E-state index contributed by atoms with van der Waals surface area (Å²) in [5, 5.41) is 16.2. The second-order valence-electron chi connectivity index (χ2n) is 3.20. The molecule has 0 bridgehead atoms. The number of urea groups is 1. The summed E-state index contributed by atoms with van der Waals surface area (Å²) in [7, 11) is 1.44. The van der Waals surface area contributed by atoms with Crippen molar-refractivity contribution in [2.24, 2.45) is 5.73 Å². The molecular formula is C8H15N7O2S. The summed E-state index contributed by atoms with van der Waals surface area (Å²) >= 11 is 1.34. The van der Waals surface area contributed by atoms with Gasteiger partial charge in [0.1, 0.15) is 0 Å². The third-order valence-electron chi connectivity index (χ3n) is 1.88. The maximum atomic E-state index is 11.3. The Morgan fingerprint density at radius 3 is 2.94 bits per heavy atom. The van der Waals surface area contributed by atoms with Crippen LogP contribution in [0.25, 0.3) is 0 Å². The van der Waals surface area contributed by atoms with Crippen molar-refractivity contribution in [1.29, 1.82) is 0 Å². The molecule has 0 aliphatic rings. The molecule has 0 radical (unpaired) electrons. The molecule has 1 aromatic rings. The molecule has 4 N–H and O–H groups in total. The highest BCUT2D eigenvalue weighted by Gasteiger charge is 2.09. The van der Waals surface area contributed by atoms with Crippen LogP contribution >= 0.6 is 11.8 Å². The molecule has 0 aliphatic carbocycles. The number of tetrazole rings is 1. The lowest BCUT2D eigenvalue weighted by molar-refractivity contribution is -0.119. The Balaban J connectivity index is 2.30. The number of nitrogens with two attached hydrogens (primary N) is 1.